The second-order valence-corrected chi connectivity index (χ2v) is 8.96. The Labute approximate surface area is 277 Å². The summed E-state index contributed by atoms with van der Waals surface area (Å²) in [6.07, 6.45) is 0. The van der Waals surface area contributed by atoms with E-state index in [4.69, 9.17) is 15.3 Å². The molecule has 0 amide bonds. The van der Waals surface area contributed by atoms with Crippen molar-refractivity contribution in [2.45, 2.75) is 0 Å². The van der Waals surface area contributed by atoms with Crippen molar-refractivity contribution in [2.75, 3.05) is 0 Å². The Morgan fingerprint density at radius 2 is 0.758 bits per heavy atom. The van der Waals surface area contributed by atoms with E-state index in [0.29, 0.717) is 0 Å². The molecule has 33 heavy (non-hydrogen) atoms. The molecule has 0 aliphatic rings. The second-order valence-electron chi connectivity index (χ2n) is 4.51. The van der Waals surface area contributed by atoms with Gasteiger partial charge in [0.2, 0.25) is 17.6 Å². The molecule has 0 bridgehead atoms. The van der Waals surface area contributed by atoms with Crippen molar-refractivity contribution in [3.63, 3.8) is 0 Å². The molecule has 0 aromatic carbocycles. The first-order valence-electron chi connectivity index (χ1n) is 6.73. The van der Waals surface area contributed by atoms with Crippen LogP contribution in [0.1, 0.15) is 31.1 Å². The summed E-state index contributed by atoms with van der Waals surface area (Å²) in [5, 5.41) is 56.8. The molecular weight excluding hydrogens is 592 g/mol. The molecule has 0 aliphatic heterocycles. The Balaban J connectivity index is -0.000000391. The molecule has 0 atom stereocenters. The number of aromatic amines is 3. The minimum Gasteiger partial charge on any atom is -0.545 e. The first kappa shape index (κ1) is 37.9. The van der Waals surface area contributed by atoms with Gasteiger partial charge in [0.05, 0.1) is 34.6 Å². The standard InChI is InChI=1S/3C4H3NO3S2.3Na/c3*6-2-1(3(7)8)4(9)10-5-2;;;/h3*5-6H,(H,7,8);;;/q;;;3*+1/p-3. The van der Waals surface area contributed by atoms with E-state index in [2.05, 4.69) is 49.8 Å². The largest absolute Gasteiger partial charge is 1.00 e. The van der Waals surface area contributed by atoms with Crippen LogP contribution in [-0.4, -0.2) is 46.3 Å². The van der Waals surface area contributed by atoms with Crippen molar-refractivity contribution in [3.8, 4) is 17.6 Å². The predicted molar refractivity (Wildman–Crippen MR) is 106 cm³/mol. The molecule has 6 N–H and O–H groups in total. The third-order valence-electron chi connectivity index (χ3n) is 2.66. The summed E-state index contributed by atoms with van der Waals surface area (Å²) in [4.78, 5) is 30.5. The minimum absolute atomic E-state index is 0. The van der Waals surface area contributed by atoms with E-state index >= 15 is 0 Å². The molecule has 3 aromatic heterocycles. The number of hydrogen-bond acceptors (Lipinski definition) is 15. The number of aromatic carboxylic acids is 3. The molecule has 0 spiro atoms. The van der Waals surface area contributed by atoms with Crippen LogP contribution in [0.5, 0.6) is 17.6 Å². The summed E-state index contributed by atoms with van der Waals surface area (Å²) in [5.41, 5.74) is -1.000. The smallest absolute Gasteiger partial charge is 0.545 e. The number of nitrogens with one attached hydrogen (secondary N) is 3. The van der Waals surface area contributed by atoms with Gasteiger partial charge in [-0.2, -0.15) is 0 Å². The van der Waals surface area contributed by atoms with Crippen LogP contribution < -0.4 is 104 Å². The van der Waals surface area contributed by atoms with Gasteiger partial charge in [-0.05, 0) is 34.6 Å². The van der Waals surface area contributed by atoms with Gasteiger partial charge in [-0.25, -0.2) is 0 Å². The van der Waals surface area contributed by atoms with Crippen LogP contribution in [0.3, 0.4) is 0 Å². The van der Waals surface area contributed by atoms with Crippen molar-refractivity contribution in [3.05, 3.63) is 28.2 Å². The molecule has 0 aliphatic carbocycles. The maximum atomic E-state index is 10.2. The zero-order valence-electron chi connectivity index (χ0n) is 16.7. The van der Waals surface area contributed by atoms with Gasteiger partial charge in [0, 0.05) is 0 Å². The molecule has 3 heterocycles. The summed E-state index contributed by atoms with van der Waals surface area (Å²) >= 11 is 16.3. The number of rotatable bonds is 3. The first-order chi connectivity index (χ1) is 13.9. The summed E-state index contributed by atoms with van der Waals surface area (Å²) in [6, 6.07) is 0. The number of aromatic nitrogens is 3. The van der Waals surface area contributed by atoms with Crippen LogP contribution in [0.25, 0.3) is 0 Å². The molecule has 21 heteroatoms. The van der Waals surface area contributed by atoms with Gasteiger partial charge < -0.3 is 45.0 Å². The fourth-order valence-corrected chi connectivity index (χ4v) is 4.06. The third kappa shape index (κ3) is 11.3. The normalized spacial score (nSPS) is 8.73. The number of H-pyrrole nitrogens is 3. The average Bonchev–Trinajstić information content (AvgIpc) is 3.26. The van der Waals surface area contributed by atoms with Gasteiger partial charge in [0.15, 0.2) is 0 Å². The van der Waals surface area contributed by atoms with E-state index in [0.717, 1.165) is 34.6 Å². The van der Waals surface area contributed by atoms with Crippen LogP contribution in [0.4, 0.5) is 0 Å². The van der Waals surface area contributed by atoms with Crippen LogP contribution in [0, 0.1) is 11.5 Å². The Kier molecular flexibility index (Phi) is 20.4. The van der Waals surface area contributed by atoms with Crippen molar-refractivity contribution < 1.29 is 134 Å². The van der Waals surface area contributed by atoms with E-state index < -0.39 is 35.5 Å². The first-order valence-corrected chi connectivity index (χ1v) is 10.4. The number of carboxylic acids is 3. The number of carbonyl (C=O) groups excluding carboxylic acids is 3. The van der Waals surface area contributed by atoms with Crippen molar-refractivity contribution in [1.82, 2.24) is 13.1 Å². The molecule has 0 saturated carbocycles. The van der Waals surface area contributed by atoms with E-state index in [1.165, 1.54) is 0 Å². The summed E-state index contributed by atoms with van der Waals surface area (Å²) in [6.45, 7) is 0. The number of carbonyl (C=O) groups is 3. The van der Waals surface area contributed by atoms with E-state index in [1.807, 2.05) is 0 Å². The van der Waals surface area contributed by atoms with E-state index in [9.17, 15) is 29.7 Å². The molecule has 12 nitrogen and oxygen atoms in total. The third-order valence-corrected chi connectivity index (χ3v) is 6.07. The summed E-state index contributed by atoms with van der Waals surface area (Å²) < 4.78 is 7.16. The summed E-state index contributed by atoms with van der Waals surface area (Å²) in [7, 11) is 0. The second kappa shape index (κ2) is 17.7. The molecule has 0 radical (unpaired) electrons. The van der Waals surface area contributed by atoms with Gasteiger partial charge in [0.1, 0.15) is 11.5 Å². The SMILES string of the molecule is O=C([O-])c1c(O)[nH]sc1=S.O=C([O-])c1c(O)[nH]sc1=S.O=C([O-])c1c(O)[nH]sc1=S.[Na+].[Na+].[Na+]. The zero-order chi connectivity index (χ0) is 23.2. The van der Waals surface area contributed by atoms with Gasteiger partial charge in [-0.3, -0.25) is 13.1 Å². The van der Waals surface area contributed by atoms with Gasteiger partial charge in [-0.15, -0.1) is 0 Å². The van der Waals surface area contributed by atoms with Gasteiger partial charge in [-0.1, -0.05) is 36.7 Å². The van der Waals surface area contributed by atoms with E-state index in [1.54, 1.807) is 0 Å². The van der Waals surface area contributed by atoms with Crippen molar-refractivity contribution in [2.24, 2.45) is 0 Å². The summed E-state index contributed by atoms with van der Waals surface area (Å²) in [5.74, 6) is -5.68. The van der Waals surface area contributed by atoms with Crippen molar-refractivity contribution >= 4 is 89.2 Å². The maximum absolute atomic E-state index is 10.2. The molecule has 3 rings (SSSR count). The van der Waals surface area contributed by atoms with Crippen molar-refractivity contribution in [1.29, 1.82) is 0 Å². The minimum atomic E-state index is -1.46. The molecule has 0 unspecified atom stereocenters. The van der Waals surface area contributed by atoms with Crippen LogP contribution >= 0.6 is 71.3 Å². The Bertz CT molecular complexity index is 1100. The molecule has 3 aromatic rings. The molecule has 162 valence electrons. The fraction of sp³-hybridized carbons (Fsp3) is 0. The van der Waals surface area contributed by atoms with E-state index in [-0.39, 0.29) is 117 Å². The van der Waals surface area contributed by atoms with Gasteiger partial charge >= 0.3 is 88.7 Å². The molecule has 0 fully saturated rings. The topological polar surface area (TPSA) is 228 Å². The monoisotopic (exact) mass is 597 g/mol. The Morgan fingerprint density at radius 1 is 0.576 bits per heavy atom. The average molecular weight is 598 g/mol. The Hall–Kier alpha value is 0.360. The predicted octanol–water partition coefficient (Wildman–Crippen LogP) is -9.36. The molecule has 0 saturated heterocycles. The number of carboxylic acid groups (broad SMARTS) is 3. The maximum Gasteiger partial charge on any atom is 1.00 e. The number of hydrogen-bond donors (Lipinski definition) is 6. The molecular formula is C12H6N3Na3O9S6. The van der Waals surface area contributed by atoms with Crippen LogP contribution in [-0.2, 0) is 0 Å². The number of aromatic hydroxyl groups is 3. The van der Waals surface area contributed by atoms with Crippen LogP contribution in [0.2, 0.25) is 0 Å². The van der Waals surface area contributed by atoms with Gasteiger partial charge in [0.25, 0.3) is 0 Å². The van der Waals surface area contributed by atoms with Crippen LogP contribution in [0.15, 0.2) is 0 Å². The Morgan fingerprint density at radius 3 is 0.818 bits per heavy atom. The fourth-order valence-electron chi connectivity index (χ4n) is 1.42. The quantitative estimate of drug-likeness (QED) is 0.122. The zero-order valence-corrected chi connectivity index (χ0v) is 27.6.